The van der Waals surface area contributed by atoms with Gasteiger partial charge in [-0.2, -0.15) is 0 Å². The van der Waals surface area contributed by atoms with Crippen LogP contribution < -0.4 is 0 Å². The zero-order valence-electron chi connectivity index (χ0n) is 26.0. The molecule has 0 N–H and O–H groups in total. The molecule has 0 spiro atoms. The molecule has 3 aromatic rings. The Hall–Kier alpha value is -2.80. The lowest BCUT2D eigenvalue weighted by atomic mass is 9.75. The van der Waals surface area contributed by atoms with E-state index < -0.39 is 24.6 Å². The van der Waals surface area contributed by atoms with Crippen molar-refractivity contribution in [3.8, 4) is 0 Å². The molecule has 0 radical (unpaired) electrons. The van der Waals surface area contributed by atoms with E-state index in [0.717, 1.165) is 28.7 Å². The minimum absolute atomic E-state index is 0.105. The van der Waals surface area contributed by atoms with Gasteiger partial charge in [0.2, 0.25) is 0 Å². The van der Waals surface area contributed by atoms with Gasteiger partial charge in [0, 0.05) is 5.57 Å². The molecule has 7 atom stereocenters. The summed E-state index contributed by atoms with van der Waals surface area (Å²) in [5.41, 5.74) is 4.08. The predicted octanol–water partition coefficient (Wildman–Crippen LogP) is 8.13. The maximum absolute atomic E-state index is 6.86. The van der Waals surface area contributed by atoms with E-state index in [4.69, 9.17) is 23.7 Å². The normalized spacial score (nSPS) is 27.8. The van der Waals surface area contributed by atoms with Crippen LogP contribution in [0.2, 0.25) is 0 Å². The van der Waals surface area contributed by atoms with Gasteiger partial charge in [-0.15, -0.1) is 0 Å². The fourth-order valence-corrected chi connectivity index (χ4v) is 6.34. The molecule has 0 aromatic heterocycles. The van der Waals surface area contributed by atoms with Crippen molar-refractivity contribution in [2.45, 2.75) is 90.6 Å². The minimum Gasteiger partial charge on any atom is -0.374 e. The molecule has 5 rings (SSSR count). The van der Waals surface area contributed by atoms with Crippen LogP contribution in [0.25, 0.3) is 0 Å². The summed E-state index contributed by atoms with van der Waals surface area (Å²) in [4.78, 5) is 0. The van der Waals surface area contributed by atoms with Crippen LogP contribution in [-0.4, -0.2) is 37.3 Å². The van der Waals surface area contributed by atoms with E-state index in [-0.39, 0.29) is 6.10 Å². The van der Waals surface area contributed by atoms with Crippen LogP contribution in [0.15, 0.2) is 103 Å². The standard InChI is InChI=1S/C38H48O5/c1-27(2)33-21-20-28(3)22-34(33)42-38-29(4)36(40-24-31-16-10-6-11-17-31)37(41-25-32-18-12-7-13-19-32)35(43-38)26-39-23-30-14-8-5-9-15-30/h5-19,27-28,33-38H,4,20-26H2,1-3H3/t28-,33+,34-,35-,36-,37-,38+/m1/s1. The topological polar surface area (TPSA) is 46.2 Å². The quantitative estimate of drug-likeness (QED) is 0.190. The van der Waals surface area contributed by atoms with Crippen LogP contribution >= 0.6 is 0 Å². The average molecular weight is 585 g/mol. The largest absolute Gasteiger partial charge is 0.374 e. The van der Waals surface area contributed by atoms with Gasteiger partial charge in [-0.1, -0.05) is 125 Å². The van der Waals surface area contributed by atoms with Gasteiger partial charge in [0.05, 0.1) is 32.5 Å². The fourth-order valence-electron chi connectivity index (χ4n) is 6.34. The Kier molecular flexibility index (Phi) is 11.6. The first-order valence-electron chi connectivity index (χ1n) is 15.9. The Morgan fingerprint density at radius 3 is 1.91 bits per heavy atom. The van der Waals surface area contributed by atoms with Crippen LogP contribution in [0.3, 0.4) is 0 Å². The summed E-state index contributed by atoms with van der Waals surface area (Å²) in [5, 5.41) is 0. The highest BCUT2D eigenvalue weighted by atomic mass is 16.7. The van der Waals surface area contributed by atoms with E-state index in [1.165, 1.54) is 12.8 Å². The summed E-state index contributed by atoms with van der Waals surface area (Å²) in [5.74, 6) is 1.64. The molecule has 2 aliphatic rings. The van der Waals surface area contributed by atoms with Crippen molar-refractivity contribution in [2.24, 2.45) is 17.8 Å². The molecule has 0 amide bonds. The lowest BCUT2D eigenvalue weighted by Gasteiger charge is -2.45. The molecule has 0 unspecified atom stereocenters. The Morgan fingerprint density at radius 1 is 0.767 bits per heavy atom. The van der Waals surface area contributed by atoms with E-state index in [1.807, 2.05) is 54.6 Å². The summed E-state index contributed by atoms with van der Waals surface area (Å²) in [7, 11) is 0. The number of benzene rings is 3. The third-order valence-corrected chi connectivity index (χ3v) is 8.84. The van der Waals surface area contributed by atoms with Crippen LogP contribution in [-0.2, 0) is 43.5 Å². The number of hydrogen-bond acceptors (Lipinski definition) is 5. The Balaban J connectivity index is 1.38. The van der Waals surface area contributed by atoms with Crippen molar-refractivity contribution in [2.75, 3.05) is 6.61 Å². The SMILES string of the molecule is C=C1[C@@H](O[C@@H]2C[C@H](C)CC[C@H]2C(C)C)O[C@H](COCc2ccccc2)[C@@H](OCc2ccccc2)[C@@H]1OCc1ccccc1. The summed E-state index contributed by atoms with van der Waals surface area (Å²) < 4.78 is 33.1. The lowest BCUT2D eigenvalue weighted by Crippen LogP contribution is -2.55. The first-order valence-corrected chi connectivity index (χ1v) is 15.9. The Morgan fingerprint density at radius 2 is 1.33 bits per heavy atom. The Bertz CT molecular complexity index is 1230. The molecule has 0 bridgehead atoms. The van der Waals surface area contributed by atoms with E-state index in [2.05, 4.69) is 63.7 Å². The maximum atomic E-state index is 6.86. The molecular weight excluding hydrogens is 536 g/mol. The zero-order chi connectivity index (χ0) is 30.0. The first-order chi connectivity index (χ1) is 21.0. The molecule has 3 aromatic carbocycles. The third kappa shape index (κ3) is 8.87. The van der Waals surface area contributed by atoms with Crippen LogP contribution in [0.1, 0.15) is 56.7 Å². The molecule has 1 saturated carbocycles. The van der Waals surface area contributed by atoms with Crippen LogP contribution in [0.4, 0.5) is 0 Å². The van der Waals surface area contributed by atoms with Gasteiger partial charge in [-0.05, 0) is 47.3 Å². The fraction of sp³-hybridized carbons (Fsp3) is 0.474. The van der Waals surface area contributed by atoms with Gasteiger partial charge < -0.3 is 23.7 Å². The molecule has 2 fully saturated rings. The highest BCUT2D eigenvalue weighted by Crippen LogP contribution is 2.39. The molecule has 1 heterocycles. The number of hydrogen-bond donors (Lipinski definition) is 0. The van der Waals surface area contributed by atoms with Crippen LogP contribution in [0, 0.1) is 17.8 Å². The van der Waals surface area contributed by atoms with E-state index in [0.29, 0.717) is 44.2 Å². The molecule has 5 heteroatoms. The molecule has 1 aliphatic carbocycles. The predicted molar refractivity (Wildman–Crippen MR) is 170 cm³/mol. The minimum atomic E-state index is -0.598. The lowest BCUT2D eigenvalue weighted by molar-refractivity contribution is -0.268. The smallest absolute Gasteiger partial charge is 0.183 e. The first kappa shape index (κ1) is 31.6. The van der Waals surface area contributed by atoms with E-state index in [1.54, 1.807) is 0 Å². The highest BCUT2D eigenvalue weighted by Gasteiger charge is 2.45. The second-order valence-corrected chi connectivity index (χ2v) is 12.6. The van der Waals surface area contributed by atoms with Crippen molar-refractivity contribution in [1.29, 1.82) is 0 Å². The molecule has 1 aliphatic heterocycles. The van der Waals surface area contributed by atoms with Crippen molar-refractivity contribution < 1.29 is 23.7 Å². The van der Waals surface area contributed by atoms with Crippen molar-refractivity contribution in [3.05, 3.63) is 120 Å². The molecule has 5 nitrogen and oxygen atoms in total. The van der Waals surface area contributed by atoms with Crippen molar-refractivity contribution >= 4 is 0 Å². The summed E-state index contributed by atoms with van der Waals surface area (Å²) >= 11 is 0. The van der Waals surface area contributed by atoms with Gasteiger partial charge in [0.15, 0.2) is 6.29 Å². The molecule has 230 valence electrons. The van der Waals surface area contributed by atoms with Gasteiger partial charge in [-0.25, -0.2) is 0 Å². The summed E-state index contributed by atoms with van der Waals surface area (Å²) in [6, 6.07) is 30.6. The third-order valence-electron chi connectivity index (χ3n) is 8.84. The van der Waals surface area contributed by atoms with Gasteiger partial charge in [0.1, 0.15) is 18.3 Å². The van der Waals surface area contributed by atoms with E-state index >= 15 is 0 Å². The maximum Gasteiger partial charge on any atom is 0.183 e. The van der Waals surface area contributed by atoms with Crippen molar-refractivity contribution in [1.82, 2.24) is 0 Å². The monoisotopic (exact) mass is 584 g/mol. The summed E-state index contributed by atoms with van der Waals surface area (Å²) in [6.07, 6.45) is 1.69. The molecular formula is C38H48O5. The van der Waals surface area contributed by atoms with Crippen LogP contribution in [0.5, 0.6) is 0 Å². The average Bonchev–Trinajstić information content (AvgIpc) is 3.02. The zero-order valence-corrected chi connectivity index (χ0v) is 26.0. The van der Waals surface area contributed by atoms with Gasteiger partial charge >= 0.3 is 0 Å². The number of rotatable bonds is 13. The summed E-state index contributed by atoms with van der Waals surface area (Å²) in [6.45, 7) is 13.1. The van der Waals surface area contributed by atoms with E-state index in [9.17, 15) is 0 Å². The Labute approximate surface area is 258 Å². The van der Waals surface area contributed by atoms with Gasteiger partial charge in [0.25, 0.3) is 0 Å². The number of ether oxygens (including phenoxy) is 5. The highest BCUT2D eigenvalue weighted by molar-refractivity contribution is 5.18. The molecule has 1 saturated heterocycles. The second-order valence-electron chi connectivity index (χ2n) is 12.6. The van der Waals surface area contributed by atoms with Gasteiger partial charge in [-0.3, -0.25) is 0 Å². The molecule has 43 heavy (non-hydrogen) atoms. The van der Waals surface area contributed by atoms with Crippen molar-refractivity contribution in [3.63, 3.8) is 0 Å². The second kappa shape index (κ2) is 15.8.